The first-order valence-corrected chi connectivity index (χ1v) is 35.8. The first kappa shape index (κ1) is 46.9. The van der Waals surface area contributed by atoms with Gasteiger partial charge in [-0.1, -0.05) is 0 Å². The van der Waals surface area contributed by atoms with Crippen LogP contribution in [0.3, 0.4) is 0 Å². The fourth-order valence-corrected chi connectivity index (χ4v) is 50.8. The van der Waals surface area contributed by atoms with E-state index < -0.39 is 48.0 Å². The van der Waals surface area contributed by atoms with Crippen LogP contribution in [0.2, 0.25) is 26.6 Å². The Morgan fingerprint density at radius 2 is 0.735 bits per heavy atom. The molecule has 6 nitrogen and oxygen atoms in total. The second-order valence-corrected chi connectivity index (χ2v) is 45.8. The predicted molar refractivity (Wildman–Crippen MR) is 223 cm³/mol. The third kappa shape index (κ3) is 14.3. The molecule has 0 atom stereocenters. The molecule has 1 aromatic heterocycles. The van der Waals surface area contributed by atoms with E-state index in [0.717, 1.165) is 11.4 Å². The molecule has 0 unspecified atom stereocenters. The Balaban J connectivity index is 4.62. The number of ether oxygens (including phenoxy) is 2. The Morgan fingerprint density at radius 3 is 0.918 bits per heavy atom. The van der Waals surface area contributed by atoms with Crippen LogP contribution in [0.5, 0.6) is 0 Å². The van der Waals surface area contributed by atoms with Crippen LogP contribution in [-0.2, 0) is 9.47 Å². The summed E-state index contributed by atoms with van der Waals surface area (Å²) < 4.78 is 23.1. The van der Waals surface area contributed by atoms with Gasteiger partial charge in [-0.3, -0.25) is 0 Å². The Labute approximate surface area is 316 Å². The molecule has 0 radical (unpaired) electrons. The first-order valence-electron chi connectivity index (χ1n) is 20.0. The van der Waals surface area contributed by atoms with Crippen molar-refractivity contribution in [3.8, 4) is 0 Å². The zero-order chi connectivity index (χ0) is 37.5. The quantitative estimate of drug-likeness (QED) is 0.109. The number of anilines is 2. The second-order valence-electron chi connectivity index (χ2n) is 16.7. The van der Waals surface area contributed by atoms with E-state index in [0.29, 0.717) is 0 Å². The zero-order valence-corrected chi connectivity index (χ0v) is 41.2. The third-order valence-electron chi connectivity index (χ3n) is 9.88. The molecular weight excluding hydrogens is 842 g/mol. The fourth-order valence-electron chi connectivity index (χ4n) is 7.12. The molecule has 0 saturated heterocycles. The van der Waals surface area contributed by atoms with E-state index >= 15 is 0 Å². The summed E-state index contributed by atoms with van der Waals surface area (Å²) in [6, 6.07) is 0. The number of hydrogen-bond donors (Lipinski definition) is 0. The van der Waals surface area contributed by atoms with Crippen molar-refractivity contribution in [1.29, 1.82) is 0 Å². The molecule has 1 heterocycles. The van der Waals surface area contributed by atoms with Crippen LogP contribution >= 0.6 is 11.3 Å². The number of carbonyl (C=O) groups is 2. The fraction of sp³-hybridized carbons (Fsp3) is 0.850. The number of carbonyl (C=O) groups excluding carboxylic acids is 2. The van der Waals surface area contributed by atoms with Crippen molar-refractivity contribution >= 4 is 77.4 Å². The molecule has 0 bridgehead atoms. The molecule has 0 aliphatic heterocycles. The molecule has 1 rings (SSSR count). The summed E-state index contributed by atoms with van der Waals surface area (Å²) in [6.45, 7) is 25.6. The SMILES string of the molecule is CCC[CH2][Sn]([CH2]CCC)([CH2]CCC)[c]1s[c]([Sn]([CH2]CCC)([CH2]CCC)[CH2]CCC)c(N(C)C(=O)OC(C)(C)C)c1N(C)C(=O)OC(C)(C)C. The number of hydrogen-bond acceptors (Lipinski definition) is 5. The second kappa shape index (κ2) is 22.1. The van der Waals surface area contributed by atoms with Crippen molar-refractivity contribution in [3.05, 3.63) is 0 Å². The minimum atomic E-state index is -3.19. The van der Waals surface area contributed by atoms with E-state index in [-0.39, 0.29) is 12.2 Å². The number of nitrogens with zero attached hydrogens (tertiary/aromatic N) is 2. The van der Waals surface area contributed by atoms with Crippen molar-refractivity contribution in [2.45, 2.75) is 198 Å². The molecule has 1 aromatic rings. The molecule has 0 aliphatic rings. The number of thiophene rings is 1. The molecule has 286 valence electrons. The molecular formula is C40H78N2O4SSn2. The van der Waals surface area contributed by atoms with Crippen molar-refractivity contribution in [2.24, 2.45) is 0 Å². The van der Waals surface area contributed by atoms with Gasteiger partial charge in [-0.15, -0.1) is 0 Å². The van der Waals surface area contributed by atoms with Gasteiger partial charge >= 0.3 is 318 Å². The molecule has 0 aromatic carbocycles. The van der Waals surface area contributed by atoms with Crippen LogP contribution in [0.4, 0.5) is 21.0 Å². The van der Waals surface area contributed by atoms with E-state index in [9.17, 15) is 9.59 Å². The Bertz CT molecular complexity index is 997. The number of rotatable bonds is 22. The summed E-state index contributed by atoms with van der Waals surface area (Å²) in [5.41, 5.74) is 0.765. The van der Waals surface area contributed by atoms with Gasteiger partial charge in [-0.05, 0) is 0 Å². The van der Waals surface area contributed by atoms with E-state index in [2.05, 4.69) is 52.9 Å². The summed E-state index contributed by atoms with van der Waals surface area (Å²) in [5.74, 6) is 0. The summed E-state index contributed by atoms with van der Waals surface area (Å²) in [6.07, 6.45) is 13.9. The van der Waals surface area contributed by atoms with Crippen LogP contribution in [0.25, 0.3) is 0 Å². The summed E-state index contributed by atoms with van der Waals surface area (Å²) in [5, 5.41) is 0. The third-order valence-corrected chi connectivity index (χ3v) is 47.5. The van der Waals surface area contributed by atoms with Crippen molar-refractivity contribution in [2.75, 3.05) is 23.9 Å². The van der Waals surface area contributed by atoms with E-state index in [4.69, 9.17) is 9.47 Å². The molecule has 0 spiro atoms. The molecule has 0 saturated carbocycles. The number of amides is 2. The maximum absolute atomic E-state index is 14.2. The van der Waals surface area contributed by atoms with Crippen LogP contribution in [0.1, 0.15) is 160 Å². The van der Waals surface area contributed by atoms with E-state index in [1.165, 1.54) is 109 Å². The van der Waals surface area contributed by atoms with Gasteiger partial charge in [-0.25, -0.2) is 0 Å². The Hall–Kier alpha value is -0.163. The van der Waals surface area contributed by atoms with Gasteiger partial charge < -0.3 is 0 Å². The first-order chi connectivity index (χ1) is 22.9. The van der Waals surface area contributed by atoms with E-state index in [1.54, 1.807) is 0 Å². The zero-order valence-electron chi connectivity index (χ0n) is 34.7. The molecule has 49 heavy (non-hydrogen) atoms. The monoisotopic (exact) mass is 922 g/mol. The maximum atomic E-state index is 14.2. The Kier molecular flexibility index (Phi) is 21.2. The van der Waals surface area contributed by atoms with Gasteiger partial charge in [0.2, 0.25) is 0 Å². The molecule has 2 amide bonds. The van der Waals surface area contributed by atoms with Crippen molar-refractivity contribution in [1.82, 2.24) is 0 Å². The van der Waals surface area contributed by atoms with Crippen molar-refractivity contribution in [3.63, 3.8) is 0 Å². The summed E-state index contributed by atoms with van der Waals surface area (Å²) >= 11 is -4.26. The number of unbranched alkanes of at least 4 members (excludes halogenated alkanes) is 6. The van der Waals surface area contributed by atoms with Crippen LogP contribution in [0, 0.1) is 0 Å². The summed E-state index contributed by atoms with van der Waals surface area (Å²) in [4.78, 5) is 32.2. The van der Waals surface area contributed by atoms with Gasteiger partial charge in [0.25, 0.3) is 0 Å². The van der Waals surface area contributed by atoms with E-state index in [1.807, 2.05) is 65.4 Å². The van der Waals surface area contributed by atoms with Gasteiger partial charge in [0.05, 0.1) is 0 Å². The Morgan fingerprint density at radius 1 is 0.510 bits per heavy atom. The molecule has 9 heteroatoms. The topological polar surface area (TPSA) is 59.1 Å². The standard InChI is InChI=1S/C16H24N2O4S.6C4H9.2Sn/c1-15(2,3)21-13(19)17(7)11-9-23-10-12(11)18(8)14(20)22-16(4,5)6;6*1-3-4-2;;/h1-8H3;6*1,3-4H2,2H3;;. The van der Waals surface area contributed by atoms with Crippen LogP contribution in [-0.4, -0.2) is 74.2 Å². The summed E-state index contributed by atoms with van der Waals surface area (Å²) in [7, 11) is 3.85. The van der Waals surface area contributed by atoms with Gasteiger partial charge in [0.1, 0.15) is 0 Å². The van der Waals surface area contributed by atoms with Gasteiger partial charge in [0, 0.05) is 0 Å². The molecule has 0 N–H and O–H groups in total. The molecule has 0 fully saturated rings. The molecule has 0 aliphatic carbocycles. The van der Waals surface area contributed by atoms with Crippen molar-refractivity contribution < 1.29 is 19.1 Å². The van der Waals surface area contributed by atoms with Gasteiger partial charge in [-0.2, -0.15) is 0 Å². The normalized spacial score (nSPS) is 12.7. The average Bonchev–Trinajstić information content (AvgIpc) is 3.43. The average molecular weight is 921 g/mol. The van der Waals surface area contributed by atoms with Crippen LogP contribution in [0.15, 0.2) is 0 Å². The minimum absolute atomic E-state index is 0.324. The van der Waals surface area contributed by atoms with Crippen LogP contribution < -0.4 is 15.6 Å². The van der Waals surface area contributed by atoms with Gasteiger partial charge in [0.15, 0.2) is 0 Å². The predicted octanol–water partition coefficient (Wildman–Crippen LogP) is 12.6.